The first-order valence-electron chi connectivity index (χ1n) is 4.36. The average molecular weight is 332 g/mol. The molecule has 96 valence electrons. The maximum Gasteiger partial charge on any atom is 0.417 e. The number of rotatable bonds is 2. The fourth-order valence-electron chi connectivity index (χ4n) is 1.15. The van der Waals surface area contributed by atoms with Crippen LogP contribution in [0.2, 0.25) is 0 Å². The minimum atomic E-state index is -4.72. The third kappa shape index (κ3) is 2.99. The molecule has 8 heteroatoms. The number of hydrogen-bond acceptors (Lipinski definition) is 2. The standard InChI is InChI=1S/C9H9BrF3NO2S/c1-14(2)17(15,16)8-4-3-6(10)5-7(8)9(11,12)13/h3-5H,1-2H3. The first kappa shape index (κ1) is 14.5. The maximum atomic E-state index is 12.7. The fourth-order valence-corrected chi connectivity index (χ4v) is 2.59. The molecule has 0 atom stereocenters. The van der Waals surface area contributed by atoms with E-state index < -0.39 is 26.7 Å². The van der Waals surface area contributed by atoms with E-state index in [4.69, 9.17) is 0 Å². The van der Waals surface area contributed by atoms with Gasteiger partial charge in [0.2, 0.25) is 10.0 Å². The van der Waals surface area contributed by atoms with Crippen LogP contribution in [0.3, 0.4) is 0 Å². The molecule has 0 aliphatic carbocycles. The van der Waals surface area contributed by atoms with Gasteiger partial charge in [-0.25, -0.2) is 12.7 Å². The number of halogens is 4. The van der Waals surface area contributed by atoms with Gasteiger partial charge in [0.25, 0.3) is 0 Å². The Labute approximate surface area is 105 Å². The molecule has 1 aromatic rings. The molecule has 0 aliphatic rings. The average Bonchev–Trinajstić information content (AvgIpc) is 2.15. The van der Waals surface area contributed by atoms with Gasteiger partial charge >= 0.3 is 6.18 Å². The molecule has 0 fully saturated rings. The lowest BCUT2D eigenvalue weighted by Gasteiger charge is -2.17. The van der Waals surface area contributed by atoms with Gasteiger partial charge in [0.05, 0.1) is 10.5 Å². The summed E-state index contributed by atoms with van der Waals surface area (Å²) in [6.45, 7) is 0. The topological polar surface area (TPSA) is 37.4 Å². The second kappa shape index (κ2) is 4.58. The largest absolute Gasteiger partial charge is 0.417 e. The van der Waals surface area contributed by atoms with Crippen LogP contribution in [-0.4, -0.2) is 26.8 Å². The molecule has 0 aromatic heterocycles. The summed E-state index contributed by atoms with van der Waals surface area (Å²) in [5.74, 6) is 0. The van der Waals surface area contributed by atoms with Crippen LogP contribution in [0.15, 0.2) is 27.6 Å². The minimum Gasteiger partial charge on any atom is -0.207 e. The van der Waals surface area contributed by atoms with Gasteiger partial charge in [-0.05, 0) is 18.2 Å². The number of benzene rings is 1. The van der Waals surface area contributed by atoms with E-state index in [1.54, 1.807) is 0 Å². The normalized spacial score (nSPS) is 13.1. The Balaban J connectivity index is 3.56. The van der Waals surface area contributed by atoms with Crippen LogP contribution in [0.1, 0.15) is 5.56 Å². The van der Waals surface area contributed by atoms with E-state index in [0.717, 1.165) is 16.4 Å². The van der Waals surface area contributed by atoms with E-state index in [1.165, 1.54) is 20.2 Å². The quantitative estimate of drug-likeness (QED) is 0.835. The van der Waals surface area contributed by atoms with Gasteiger partial charge in [-0.15, -0.1) is 0 Å². The van der Waals surface area contributed by atoms with Crippen molar-refractivity contribution in [2.45, 2.75) is 11.1 Å². The Bertz CT molecular complexity index is 526. The number of hydrogen-bond donors (Lipinski definition) is 0. The second-order valence-electron chi connectivity index (χ2n) is 3.43. The monoisotopic (exact) mass is 331 g/mol. The molecule has 0 saturated carbocycles. The smallest absolute Gasteiger partial charge is 0.207 e. The molecule has 17 heavy (non-hydrogen) atoms. The van der Waals surface area contributed by atoms with Crippen molar-refractivity contribution < 1.29 is 21.6 Å². The predicted molar refractivity (Wildman–Crippen MR) is 60.0 cm³/mol. The van der Waals surface area contributed by atoms with E-state index in [0.29, 0.717) is 0 Å². The highest BCUT2D eigenvalue weighted by atomic mass is 79.9. The fraction of sp³-hybridized carbons (Fsp3) is 0.333. The summed E-state index contributed by atoms with van der Waals surface area (Å²) in [4.78, 5) is -0.752. The van der Waals surface area contributed by atoms with Gasteiger partial charge in [-0.2, -0.15) is 13.2 Å². The first-order chi connectivity index (χ1) is 7.56. The summed E-state index contributed by atoms with van der Waals surface area (Å²) in [5, 5.41) is 0. The summed E-state index contributed by atoms with van der Waals surface area (Å²) < 4.78 is 62.5. The van der Waals surface area contributed by atoms with Gasteiger partial charge in [-0.1, -0.05) is 15.9 Å². The van der Waals surface area contributed by atoms with Gasteiger partial charge in [-0.3, -0.25) is 0 Å². The van der Waals surface area contributed by atoms with Crippen LogP contribution in [0.4, 0.5) is 13.2 Å². The molecular formula is C9H9BrF3NO2S. The van der Waals surface area contributed by atoms with Crippen molar-refractivity contribution >= 4 is 26.0 Å². The Morgan fingerprint density at radius 2 is 1.76 bits per heavy atom. The summed E-state index contributed by atoms with van der Waals surface area (Å²) in [6, 6.07) is 2.93. The Morgan fingerprint density at radius 1 is 1.24 bits per heavy atom. The number of alkyl halides is 3. The third-order valence-electron chi connectivity index (χ3n) is 2.01. The van der Waals surface area contributed by atoms with E-state index in [-0.39, 0.29) is 4.47 Å². The molecule has 0 radical (unpaired) electrons. The van der Waals surface area contributed by atoms with Crippen LogP contribution in [0.5, 0.6) is 0 Å². The van der Waals surface area contributed by atoms with E-state index >= 15 is 0 Å². The van der Waals surface area contributed by atoms with Crippen molar-refractivity contribution in [1.29, 1.82) is 0 Å². The van der Waals surface area contributed by atoms with E-state index in [2.05, 4.69) is 15.9 Å². The van der Waals surface area contributed by atoms with Gasteiger partial charge in [0.15, 0.2) is 0 Å². The van der Waals surface area contributed by atoms with Gasteiger partial charge < -0.3 is 0 Å². The zero-order valence-electron chi connectivity index (χ0n) is 8.92. The zero-order chi connectivity index (χ0) is 13.4. The van der Waals surface area contributed by atoms with Crippen LogP contribution < -0.4 is 0 Å². The molecule has 1 aromatic carbocycles. The molecule has 0 N–H and O–H groups in total. The van der Waals surface area contributed by atoms with Crippen molar-refractivity contribution in [2.24, 2.45) is 0 Å². The summed E-state index contributed by atoms with van der Waals surface area (Å²) in [5.41, 5.74) is -1.18. The lowest BCUT2D eigenvalue weighted by molar-refractivity contribution is -0.140. The highest BCUT2D eigenvalue weighted by Gasteiger charge is 2.37. The van der Waals surface area contributed by atoms with Crippen molar-refractivity contribution in [3.63, 3.8) is 0 Å². The molecular weight excluding hydrogens is 323 g/mol. The number of nitrogens with zero attached hydrogens (tertiary/aromatic N) is 1. The SMILES string of the molecule is CN(C)S(=O)(=O)c1ccc(Br)cc1C(F)(F)F. The maximum absolute atomic E-state index is 12.7. The van der Waals surface area contributed by atoms with E-state index in [1.807, 2.05) is 0 Å². The molecule has 0 spiro atoms. The molecule has 0 aliphatic heterocycles. The number of sulfonamides is 1. The molecule has 0 saturated heterocycles. The first-order valence-corrected chi connectivity index (χ1v) is 6.59. The van der Waals surface area contributed by atoms with Crippen LogP contribution in [0, 0.1) is 0 Å². The lowest BCUT2D eigenvalue weighted by Crippen LogP contribution is -2.25. The van der Waals surface area contributed by atoms with Gasteiger partial charge in [0, 0.05) is 18.6 Å². The second-order valence-corrected chi connectivity index (χ2v) is 6.46. The molecule has 0 bridgehead atoms. The molecule has 0 heterocycles. The van der Waals surface area contributed by atoms with Crippen LogP contribution in [-0.2, 0) is 16.2 Å². The van der Waals surface area contributed by atoms with E-state index in [9.17, 15) is 21.6 Å². The summed E-state index contributed by atoms with van der Waals surface area (Å²) >= 11 is 2.88. The lowest BCUT2D eigenvalue weighted by atomic mass is 10.2. The Morgan fingerprint density at radius 3 is 2.18 bits per heavy atom. The van der Waals surface area contributed by atoms with Gasteiger partial charge in [0.1, 0.15) is 0 Å². The Hall–Kier alpha value is -0.600. The zero-order valence-corrected chi connectivity index (χ0v) is 11.3. The minimum absolute atomic E-state index is 0.169. The predicted octanol–water partition coefficient (Wildman–Crippen LogP) is 2.72. The van der Waals surface area contributed by atoms with Crippen molar-refractivity contribution in [3.05, 3.63) is 28.2 Å². The molecule has 1 rings (SSSR count). The van der Waals surface area contributed by atoms with Crippen LogP contribution in [0.25, 0.3) is 0 Å². The molecule has 3 nitrogen and oxygen atoms in total. The van der Waals surface area contributed by atoms with Crippen LogP contribution >= 0.6 is 15.9 Å². The van der Waals surface area contributed by atoms with Crippen molar-refractivity contribution in [1.82, 2.24) is 4.31 Å². The van der Waals surface area contributed by atoms with Crippen molar-refractivity contribution in [3.8, 4) is 0 Å². The highest BCUT2D eigenvalue weighted by Crippen LogP contribution is 2.36. The summed E-state index contributed by atoms with van der Waals surface area (Å²) in [6.07, 6.45) is -4.72. The summed E-state index contributed by atoms with van der Waals surface area (Å²) in [7, 11) is -1.76. The molecule has 0 unspecified atom stereocenters. The van der Waals surface area contributed by atoms with Crippen molar-refractivity contribution in [2.75, 3.05) is 14.1 Å². The molecule has 0 amide bonds. The highest BCUT2D eigenvalue weighted by molar-refractivity contribution is 9.10. The Kier molecular flexibility index (Phi) is 3.90. The third-order valence-corrected chi connectivity index (χ3v) is 4.37.